The number of aromatic nitrogens is 3. The normalized spacial score (nSPS) is 12.9. The number of pyridine rings is 1. The molecule has 0 bridgehead atoms. The molecule has 0 amide bonds. The fraction of sp³-hybridized carbons (Fsp3) is 0.176. The van der Waals surface area contributed by atoms with Crippen LogP contribution in [-0.4, -0.2) is 15.0 Å². The van der Waals surface area contributed by atoms with Gasteiger partial charge in [-0.15, -0.1) is 0 Å². The molecule has 2 aromatic heterocycles. The Morgan fingerprint density at radius 3 is 2.37 bits per heavy atom. The van der Waals surface area contributed by atoms with Crippen LogP contribution in [0.15, 0.2) is 36.7 Å². The predicted molar refractivity (Wildman–Crippen MR) is 89.4 cm³/mol. The van der Waals surface area contributed by atoms with Gasteiger partial charge in [-0.25, -0.2) is 18.7 Å². The Morgan fingerprint density at radius 2 is 1.81 bits per heavy atom. The Hall–Kier alpha value is -2.68. The molecule has 0 saturated heterocycles. The fourth-order valence-corrected chi connectivity index (χ4v) is 2.61. The molecule has 0 spiro atoms. The van der Waals surface area contributed by atoms with Crippen molar-refractivity contribution < 1.29 is 22.0 Å². The second-order valence-electron chi connectivity index (χ2n) is 5.75. The lowest BCUT2D eigenvalue weighted by atomic mass is 10.1. The van der Waals surface area contributed by atoms with Gasteiger partial charge in [-0.3, -0.25) is 0 Å². The molecule has 10 heteroatoms. The highest BCUT2D eigenvalue weighted by molar-refractivity contribution is 6.30. The van der Waals surface area contributed by atoms with Crippen LogP contribution in [0.4, 0.5) is 27.8 Å². The van der Waals surface area contributed by atoms with Crippen LogP contribution in [-0.2, 0) is 6.18 Å². The maximum Gasteiger partial charge on any atom is 0.417 e. The van der Waals surface area contributed by atoms with Crippen molar-refractivity contribution in [3.8, 4) is 0 Å². The number of hydrogen-bond acceptors (Lipinski definition) is 3. The lowest BCUT2D eigenvalue weighted by molar-refractivity contribution is -0.138. The molecule has 0 radical (unpaired) electrons. The Labute approximate surface area is 155 Å². The van der Waals surface area contributed by atoms with Gasteiger partial charge in [0.15, 0.2) is 11.6 Å². The summed E-state index contributed by atoms with van der Waals surface area (Å²) in [5, 5.41) is 2.53. The van der Waals surface area contributed by atoms with Crippen LogP contribution in [0.25, 0.3) is 0 Å². The lowest BCUT2D eigenvalue weighted by Crippen LogP contribution is -2.17. The summed E-state index contributed by atoms with van der Waals surface area (Å²) in [6, 6.07) is 3.33. The number of nitrogens with one attached hydrogen (secondary N) is 2. The molecule has 2 N–H and O–H groups in total. The molecule has 142 valence electrons. The van der Waals surface area contributed by atoms with E-state index in [2.05, 4.69) is 20.3 Å². The third-order valence-electron chi connectivity index (χ3n) is 3.72. The Kier molecular flexibility index (Phi) is 5.05. The summed E-state index contributed by atoms with van der Waals surface area (Å²) < 4.78 is 65.7. The number of alkyl halides is 3. The number of imidazole rings is 1. The highest BCUT2D eigenvalue weighted by Crippen LogP contribution is 2.32. The second-order valence-corrected chi connectivity index (χ2v) is 6.16. The van der Waals surface area contributed by atoms with E-state index in [-0.39, 0.29) is 5.02 Å². The van der Waals surface area contributed by atoms with Gasteiger partial charge in [0, 0.05) is 18.1 Å². The van der Waals surface area contributed by atoms with Crippen molar-refractivity contribution in [1.29, 1.82) is 0 Å². The van der Waals surface area contributed by atoms with Gasteiger partial charge in [-0.2, -0.15) is 13.2 Å². The molecule has 0 fully saturated rings. The average Bonchev–Trinajstić information content (AvgIpc) is 3.01. The highest BCUT2D eigenvalue weighted by Gasteiger charge is 2.32. The van der Waals surface area contributed by atoms with E-state index in [4.69, 9.17) is 11.6 Å². The van der Waals surface area contributed by atoms with Crippen molar-refractivity contribution in [2.24, 2.45) is 0 Å². The second kappa shape index (κ2) is 7.15. The first-order valence-electron chi connectivity index (χ1n) is 7.61. The molecule has 0 aliphatic heterocycles. The molecular formula is C17H12ClF5N4. The summed E-state index contributed by atoms with van der Waals surface area (Å²) in [5.74, 6) is -1.92. The van der Waals surface area contributed by atoms with Crippen molar-refractivity contribution in [2.75, 3.05) is 5.32 Å². The van der Waals surface area contributed by atoms with E-state index in [1.165, 1.54) is 18.3 Å². The predicted octanol–water partition coefficient (Wildman–Crippen LogP) is 5.27. The van der Waals surface area contributed by atoms with E-state index in [9.17, 15) is 22.0 Å². The summed E-state index contributed by atoms with van der Waals surface area (Å²) in [4.78, 5) is 10.6. The number of benzene rings is 1. The van der Waals surface area contributed by atoms with Crippen LogP contribution in [0.2, 0.25) is 5.02 Å². The number of aryl methyl sites for hydroxylation is 1. The van der Waals surface area contributed by atoms with Crippen molar-refractivity contribution in [1.82, 2.24) is 15.0 Å². The standard InChI is InChI=1S/C17H12ClF5N4/c1-8-6-24-16(26-8)14(9-2-3-12(19)11(18)4-9)27-15-13(20)5-10(7-25-15)17(21,22)23/h2-7,14H,1H3,(H,24,26)(H,25,27)/t14-/m1/s1. The molecule has 4 nitrogen and oxygen atoms in total. The smallest absolute Gasteiger partial charge is 0.354 e. The summed E-state index contributed by atoms with van der Waals surface area (Å²) >= 11 is 5.81. The first-order chi connectivity index (χ1) is 12.6. The molecule has 0 aliphatic rings. The average molecular weight is 403 g/mol. The molecule has 27 heavy (non-hydrogen) atoms. The molecule has 3 rings (SSSR count). The monoisotopic (exact) mass is 402 g/mol. The summed E-state index contributed by atoms with van der Waals surface area (Å²) in [6.07, 6.45) is -2.67. The van der Waals surface area contributed by atoms with Crippen molar-refractivity contribution in [3.63, 3.8) is 0 Å². The molecule has 0 unspecified atom stereocenters. The zero-order valence-corrected chi connectivity index (χ0v) is 14.5. The first-order valence-corrected chi connectivity index (χ1v) is 7.98. The van der Waals surface area contributed by atoms with Crippen LogP contribution in [0.3, 0.4) is 0 Å². The van der Waals surface area contributed by atoms with E-state index < -0.39 is 35.2 Å². The molecule has 1 aromatic carbocycles. The Bertz CT molecular complexity index is 970. The van der Waals surface area contributed by atoms with Crippen molar-refractivity contribution in [3.05, 3.63) is 76.0 Å². The Morgan fingerprint density at radius 1 is 1.07 bits per heavy atom. The topological polar surface area (TPSA) is 53.6 Å². The quantitative estimate of drug-likeness (QED) is 0.585. The minimum absolute atomic E-state index is 0.163. The van der Waals surface area contributed by atoms with Gasteiger partial charge in [-0.05, 0) is 30.7 Å². The largest absolute Gasteiger partial charge is 0.417 e. The summed E-state index contributed by atoms with van der Waals surface area (Å²) in [7, 11) is 0. The number of halogens is 6. The number of anilines is 1. The van der Waals surface area contributed by atoms with Gasteiger partial charge in [0.25, 0.3) is 0 Å². The van der Waals surface area contributed by atoms with Gasteiger partial charge >= 0.3 is 6.18 Å². The highest BCUT2D eigenvalue weighted by atomic mass is 35.5. The van der Waals surface area contributed by atoms with Crippen LogP contribution in [0, 0.1) is 18.6 Å². The molecule has 1 atom stereocenters. The van der Waals surface area contributed by atoms with Crippen molar-refractivity contribution in [2.45, 2.75) is 19.1 Å². The summed E-state index contributed by atoms with van der Waals surface area (Å²) in [5.41, 5.74) is -0.0940. The van der Waals surface area contributed by atoms with E-state index in [0.717, 1.165) is 6.07 Å². The van der Waals surface area contributed by atoms with Crippen LogP contribution < -0.4 is 5.32 Å². The van der Waals surface area contributed by atoms with Crippen LogP contribution in [0.1, 0.15) is 28.7 Å². The van der Waals surface area contributed by atoms with Crippen molar-refractivity contribution >= 4 is 17.4 Å². The van der Waals surface area contributed by atoms with Gasteiger partial charge in [0.05, 0.1) is 10.6 Å². The minimum Gasteiger partial charge on any atom is -0.354 e. The van der Waals surface area contributed by atoms with E-state index in [0.29, 0.717) is 29.3 Å². The van der Waals surface area contributed by atoms with E-state index in [1.54, 1.807) is 6.92 Å². The van der Waals surface area contributed by atoms with Gasteiger partial charge < -0.3 is 10.3 Å². The first kappa shape index (κ1) is 19.1. The Balaban J connectivity index is 2.00. The van der Waals surface area contributed by atoms with E-state index >= 15 is 0 Å². The minimum atomic E-state index is -4.71. The summed E-state index contributed by atoms with van der Waals surface area (Å²) in [6.45, 7) is 1.74. The lowest BCUT2D eigenvalue weighted by Gasteiger charge is -2.19. The zero-order chi connectivity index (χ0) is 19.8. The van der Waals surface area contributed by atoms with Crippen LogP contribution >= 0.6 is 11.6 Å². The molecule has 0 saturated carbocycles. The number of hydrogen-bond donors (Lipinski definition) is 2. The van der Waals surface area contributed by atoms with E-state index in [1.807, 2.05) is 0 Å². The van der Waals surface area contributed by atoms with Gasteiger partial charge in [-0.1, -0.05) is 17.7 Å². The number of nitrogens with zero attached hydrogens (tertiary/aromatic N) is 2. The fourth-order valence-electron chi connectivity index (χ4n) is 2.42. The molecule has 0 aliphatic carbocycles. The number of H-pyrrole nitrogens is 1. The van der Waals surface area contributed by atoms with Gasteiger partial charge in [0.2, 0.25) is 0 Å². The number of rotatable bonds is 4. The number of aromatic amines is 1. The zero-order valence-electron chi connectivity index (χ0n) is 13.7. The third-order valence-corrected chi connectivity index (χ3v) is 4.01. The maximum atomic E-state index is 14.2. The molecule has 3 aromatic rings. The molecule has 2 heterocycles. The SMILES string of the molecule is Cc1cnc([C@H](Nc2ncc(C(F)(F)F)cc2F)c2ccc(F)c(Cl)c2)[nH]1. The maximum absolute atomic E-state index is 14.2. The molecular weight excluding hydrogens is 391 g/mol. The van der Waals surface area contributed by atoms with Gasteiger partial charge in [0.1, 0.15) is 17.7 Å². The third kappa shape index (κ3) is 4.19. The van der Waals surface area contributed by atoms with Crippen LogP contribution in [0.5, 0.6) is 0 Å².